The molecule has 1 aliphatic rings. The summed E-state index contributed by atoms with van der Waals surface area (Å²) in [4.78, 5) is 12.7. The van der Waals surface area contributed by atoms with Crippen molar-refractivity contribution < 1.29 is 52.9 Å². The van der Waals surface area contributed by atoms with Gasteiger partial charge >= 0.3 is 29.6 Å². The number of aromatic nitrogens is 2. The normalized spacial score (nSPS) is 13.2. The Morgan fingerprint density at radius 2 is 1.15 bits per heavy atom. The molecule has 66 heavy (non-hydrogen) atoms. The number of phenols is 1. The van der Waals surface area contributed by atoms with Gasteiger partial charge in [-0.05, 0) is 163 Å². The van der Waals surface area contributed by atoms with E-state index in [9.17, 15) is 16.8 Å². The molecule has 0 amide bonds. The summed E-state index contributed by atoms with van der Waals surface area (Å²) in [6, 6.07) is 33.7. The fraction of sp³-hybridized carbons (Fsp3) is 0.255. The van der Waals surface area contributed by atoms with E-state index in [1.807, 2.05) is 74.8 Å². The zero-order valence-electron chi connectivity index (χ0n) is 38.8. The number of hydrogen-bond donors (Lipinski definition) is 3. The van der Waals surface area contributed by atoms with E-state index in [1.54, 1.807) is 12.1 Å². The van der Waals surface area contributed by atoms with Crippen molar-refractivity contribution in [2.45, 2.75) is 48.3 Å². The Balaban J connectivity index is 0.000000310. The third-order valence-corrected chi connectivity index (χ3v) is 13.6. The van der Waals surface area contributed by atoms with Crippen LogP contribution in [0.25, 0.3) is 0 Å². The van der Waals surface area contributed by atoms with Crippen molar-refractivity contribution in [3.8, 4) is 5.75 Å². The monoisotopic (exact) mass is 1020 g/mol. The molecular weight excluding hydrogens is 971 g/mol. The predicted molar refractivity (Wildman–Crippen MR) is 267 cm³/mol. The second-order valence-corrected chi connectivity index (χ2v) is 20.3. The first-order valence-corrected chi connectivity index (χ1v) is 24.7. The number of primary sulfonamides is 1. The molecule has 19 heteroatoms. The number of hydrogen-bond acceptors (Lipinski definition) is 10. The van der Waals surface area contributed by atoms with Crippen LogP contribution in [0, 0.1) is 13.8 Å². The van der Waals surface area contributed by atoms with Gasteiger partial charge in [0.05, 0.1) is 10.7 Å². The minimum absolute atomic E-state index is 0. The number of nitrogens with zero attached hydrogens (tertiary/aromatic N) is 5. The average molecular weight is 1030 g/mol. The molecule has 1 aliphatic heterocycles. The summed E-state index contributed by atoms with van der Waals surface area (Å²) in [6.45, 7) is 5.80. The minimum Gasteiger partial charge on any atom is -1.00 e. The second-order valence-electron chi connectivity index (χ2n) is 15.5. The van der Waals surface area contributed by atoms with Gasteiger partial charge in [0.2, 0.25) is 10.0 Å². The van der Waals surface area contributed by atoms with Crippen molar-refractivity contribution in [1.29, 1.82) is 0 Å². The molecule has 0 fully saturated rings. The Morgan fingerprint density at radius 3 is 1.53 bits per heavy atom. The summed E-state index contributed by atoms with van der Waals surface area (Å²) < 4.78 is 48.7. The number of fused-ring (bicyclic) bond motifs is 1. The SMILES string of the molecule is CN(C)CCC(c1ccc(Cl)cc1)c1ccccn1.CN(C)CCC(c1ccc(Cl)cc1)c1ccccn1.Cc1cc(O)cc(C)c1Cl.NS(=O)(=O)c1cc2c(cc1Cl)NC=NS2(=O)=O.[H-].[Na+]. The van der Waals surface area contributed by atoms with Gasteiger partial charge in [-0.1, -0.05) is 82.8 Å². The first kappa shape index (κ1) is 56.7. The van der Waals surface area contributed by atoms with Gasteiger partial charge in [-0.25, -0.2) is 13.6 Å². The molecule has 0 aliphatic carbocycles. The zero-order valence-corrected chi connectivity index (χ0v) is 44.5. The van der Waals surface area contributed by atoms with Gasteiger partial charge in [-0.15, -0.1) is 4.40 Å². The summed E-state index contributed by atoms with van der Waals surface area (Å²) in [5.41, 5.74) is 6.75. The molecule has 0 spiro atoms. The number of pyridine rings is 2. The maximum Gasteiger partial charge on any atom is 1.00 e. The predicted octanol–water partition coefficient (Wildman–Crippen LogP) is 7.55. The molecule has 2 atom stereocenters. The van der Waals surface area contributed by atoms with Crippen molar-refractivity contribution in [2.75, 3.05) is 46.6 Å². The average Bonchev–Trinajstić information content (AvgIpc) is 3.25. The molecule has 0 saturated carbocycles. The molecule has 2 unspecified atom stereocenters. The minimum atomic E-state index is -4.09. The van der Waals surface area contributed by atoms with Crippen LogP contribution in [0.15, 0.2) is 136 Å². The van der Waals surface area contributed by atoms with E-state index in [-0.39, 0.29) is 52.3 Å². The van der Waals surface area contributed by atoms with Gasteiger partial charge in [-0.3, -0.25) is 9.97 Å². The number of benzene rings is 4. The molecule has 3 heterocycles. The van der Waals surface area contributed by atoms with Crippen LogP contribution in [-0.2, 0) is 20.0 Å². The molecule has 2 aromatic heterocycles. The summed E-state index contributed by atoms with van der Waals surface area (Å²) in [7, 11) is 0.372. The largest absolute Gasteiger partial charge is 1.00 e. The number of phenolic OH excluding ortho intramolecular Hbond substituents is 1. The maximum absolute atomic E-state index is 11.5. The van der Waals surface area contributed by atoms with E-state index >= 15 is 0 Å². The third-order valence-electron chi connectivity index (χ3n) is 9.82. The summed E-state index contributed by atoms with van der Waals surface area (Å²) in [5.74, 6) is 0.918. The van der Waals surface area contributed by atoms with Crippen LogP contribution in [0.2, 0.25) is 20.1 Å². The molecule has 0 bridgehead atoms. The smallest absolute Gasteiger partial charge is 1.00 e. The number of nitrogens with two attached hydrogens (primary N) is 1. The molecular formula is C47H54Cl4N7NaO5S2. The Kier molecular flexibility index (Phi) is 23.0. The molecule has 0 saturated heterocycles. The first-order valence-electron chi connectivity index (χ1n) is 20.2. The van der Waals surface area contributed by atoms with Crippen molar-refractivity contribution in [3.05, 3.63) is 175 Å². The molecule has 6 aromatic rings. The Labute approximate surface area is 433 Å². The van der Waals surface area contributed by atoms with Crippen LogP contribution >= 0.6 is 46.4 Å². The number of aromatic hydroxyl groups is 1. The second kappa shape index (κ2) is 26.8. The zero-order chi connectivity index (χ0) is 47.9. The van der Waals surface area contributed by atoms with E-state index in [0.717, 1.165) is 75.9 Å². The van der Waals surface area contributed by atoms with Gasteiger partial charge < -0.3 is 21.6 Å². The van der Waals surface area contributed by atoms with E-state index in [0.29, 0.717) is 11.8 Å². The number of sulfonamides is 2. The van der Waals surface area contributed by atoms with E-state index in [1.165, 1.54) is 17.2 Å². The fourth-order valence-corrected chi connectivity index (χ4v) is 9.03. The standard InChI is InChI=1S/2C16H19ClN2.C8H9ClO.C7H6ClN3O4S2.Na.H/c2*1-19(2)12-10-15(16-5-3-4-11-18-16)13-6-8-14(17)9-7-13;1-5-3-7(10)4-6(2)8(5)9;8-4-1-5-7(2-6(4)16(9,12)13)17(14,15)11-3-10-5;;/h2*3-9,11,15H,10,12H2,1-2H3;3-4,10H,1-2H3;1-3H,(H,10,11)(H2,9,12,13);;/q;;;;+1;-1. The Hall–Kier alpha value is -3.61. The third kappa shape index (κ3) is 17.8. The van der Waals surface area contributed by atoms with Crippen LogP contribution in [0.4, 0.5) is 5.69 Å². The first-order chi connectivity index (χ1) is 30.7. The molecule has 348 valence electrons. The van der Waals surface area contributed by atoms with Gasteiger partial charge in [0.25, 0.3) is 10.0 Å². The van der Waals surface area contributed by atoms with Crippen LogP contribution < -0.4 is 40.0 Å². The van der Waals surface area contributed by atoms with E-state index < -0.39 is 24.9 Å². The summed E-state index contributed by atoms with van der Waals surface area (Å²) in [5, 5.41) is 18.6. The number of nitrogens with one attached hydrogen (secondary N) is 1. The van der Waals surface area contributed by atoms with Crippen molar-refractivity contribution in [1.82, 2.24) is 19.8 Å². The number of halogens is 4. The van der Waals surface area contributed by atoms with Crippen LogP contribution in [0.1, 0.15) is 59.7 Å². The number of rotatable bonds is 11. The van der Waals surface area contributed by atoms with Gasteiger partial charge in [0.15, 0.2) is 0 Å². The van der Waals surface area contributed by atoms with Crippen LogP contribution in [-0.4, -0.2) is 89.3 Å². The molecule has 4 aromatic carbocycles. The van der Waals surface area contributed by atoms with Crippen molar-refractivity contribution in [3.63, 3.8) is 0 Å². The van der Waals surface area contributed by atoms with E-state index in [4.69, 9.17) is 56.6 Å². The van der Waals surface area contributed by atoms with E-state index in [2.05, 4.69) is 94.1 Å². The van der Waals surface area contributed by atoms with Gasteiger partial charge in [0.1, 0.15) is 21.9 Å². The topological polar surface area (TPSA) is 171 Å². The Bertz CT molecular complexity index is 2610. The molecule has 7 rings (SSSR count). The quantitative estimate of drug-likeness (QED) is 0.110. The maximum atomic E-state index is 11.5. The summed E-state index contributed by atoms with van der Waals surface area (Å²) in [6.07, 6.45) is 6.78. The fourth-order valence-electron chi connectivity index (χ4n) is 6.52. The van der Waals surface area contributed by atoms with Crippen molar-refractivity contribution >= 4 is 78.5 Å². The molecule has 12 nitrogen and oxygen atoms in total. The molecule has 0 radical (unpaired) electrons. The number of anilines is 1. The Morgan fingerprint density at radius 1 is 0.712 bits per heavy atom. The van der Waals surface area contributed by atoms with Crippen LogP contribution in [0.3, 0.4) is 0 Å². The number of aryl methyl sites for hydroxylation is 2. The van der Waals surface area contributed by atoms with Gasteiger partial charge in [0, 0.05) is 50.7 Å². The van der Waals surface area contributed by atoms with Crippen molar-refractivity contribution in [2.24, 2.45) is 9.54 Å². The summed E-state index contributed by atoms with van der Waals surface area (Å²) >= 11 is 23.5. The van der Waals surface area contributed by atoms with Gasteiger partial charge in [-0.2, -0.15) is 8.42 Å². The molecule has 4 N–H and O–H groups in total. The van der Waals surface area contributed by atoms with Crippen LogP contribution in [0.5, 0.6) is 5.75 Å².